The van der Waals surface area contributed by atoms with Crippen LogP contribution in [0.15, 0.2) is 6.33 Å². The number of carboxylic acid groups (broad SMARTS) is 1. The van der Waals surface area contributed by atoms with Crippen molar-refractivity contribution in [3.63, 3.8) is 0 Å². The highest BCUT2D eigenvalue weighted by Gasteiger charge is 2.38. The highest BCUT2D eigenvalue weighted by Crippen LogP contribution is 2.15. The first-order valence-electron chi connectivity index (χ1n) is 4.77. The minimum Gasteiger partial charge on any atom is -0.475 e. The Morgan fingerprint density at radius 1 is 1.40 bits per heavy atom. The summed E-state index contributed by atoms with van der Waals surface area (Å²) in [7, 11) is 1.50. The lowest BCUT2D eigenvalue weighted by Gasteiger charge is -2.00. The number of hydrogen-bond donors (Lipinski definition) is 3. The summed E-state index contributed by atoms with van der Waals surface area (Å²) in [6, 6.07) is 0. The van der Waals surface area contributed by atoms with Crippen LogP contribution >= 0.6 is 0 Å². The first kappa shape index (κ1) is 15.3. The minimum atomic E-state index is -5.08. The van der Waals surface area contributed by atoms with Crippen molar-refractivity contribution >= 4 is 28.9 Å². The number of aliphatic carboxylic acids is 1. The largest absolute Gasteiger partial charge is 0.490 e. The number of nitrogens with two attached hydrogens (primary N) is 2. The molecule has 0 aliphatic heterocycles. The number of carbonyl (C=O) groups is 1. The van der Waals surface area contributed by atoms with Crippen LogP contribution in [0.5, 0.6) is 0 Å². The average molecular weight is 294 g/mol. The van der Waals surface area contributed by atoms with Gasteiger partial charge in [-0.05, 0) is 0 Å². The number of rotatable bonds is 1. The Morgan fingerprint density at radius 3 is 2.40 bits per heavy atom. The number of fused-ring (bicyclic) bond motifs is 1. The third-order valence-electron chi connectivity index (χ3n) is 1.85. The molecule has 110 valence electrons. The second-order valence-electron chi connectivity index (χ2n) is 3.20. The maximum absolute atomic E-state index is 10.6. The summed E-state index contributed by atoms with van der Waals surface area (Å²) in [6.07, 6.45) is -3.63. The molecule has 0 aliphatic carbocycles. The van der Waals surface area contributed by atoms with E-state index < -0.39 is 12.1 Å². The van der Waals surface area contributed by atoms with Crippen LogP contribution in [0.2, 0.25) is 0 Å². The van der Waals surface area contributed by atoms with Gasteiger partial charge in [0.1, 0.15) is 13.4 Å². The summed E-state index contributed by atoms with van der Waals surface area (Å²) in [5, 5.41) is 7.12. The zero-order chi connectivity index (χ0) is 15.5. The molecule has 2 aromatic rings. The maximum Gasteiger partial charge on any atom is 0.490 e. The first-order chi connectivity index (χ1) is 9.16. The molecule has 0 radical (unpaired) electrons. The minimum absolute atomic E-state index is 0.101. The zero-order valence-electron chi connectivity index (χ0n) is 9.92. The molecule has 5 N–H and O–H groups in total. The quantitative estimate of drug-likeness (QED) is 0.649. The van der Waals surface area contributed by atoms with Crippen molar-refractivity contribution in [2.75, 3.05) is 18.6 Å². The lowest BCUT2D eigenvalue weighted by atomic mass is 10.5. The molecule has 2 rings (SSSR count). The maximum atomic E-state index is 10.6. The second kappa shape index (κ2) is 5.46. The van der Waals surface area contributed by atoms with Crippen LogP contribution in [0.3, 0.4) is 0 Å². The van der Waals surface area contributed by atoms with Crippen LogP contribution in [0.4, 0.5) is 24.9 Å². The molecule has 0 amide bonds. The second-order valence-corrected chi connectivity index (χ2v) is 3.20. The predicted molar refractivity (Wildman–Crippen MR) is 60.3 cm³/mol. The van der Waals surface area contributed by atoms with Gasteiger partial charge in [-0.25, -0.2) is 9.78 Å². The number of hydrogen-bond acceptors (Lipinski definition) is 7. The number of anilines is 2. The van der Waals surface area contributed by atoms with Crippen LogP contribution in [-0.2, 0) is 4.79 Å². The van der Waals surface area contributed by atoms with E-state index in [-0.39, 0.29) is 11.8 Å². The highest BCUT2D eigenvalue weighted by atomic mass is 19.4. The Kier molecular flexibility index (Phi) is 4.17. The lowest BCUT2D eigenvalue weighted by molar-refractivity contribution is -0.192. The predicted octanol–water partition coefficient (Wildman–Crippen LogP) is -0.318. The van der Waals surface area contributed by atoms with Gasteiger partial charge in [0.2, 0.25) is 11.6 Å². The van der Waals surface area contributed by atoms with E-state index in [1.165, 1.54) is 18.2 Å². The molecule has 0 atom stereocenters. The highest BCUT2D eigenvalue weighted by molar-refractivity contribution is 5.82. The molecule has 9 nitrogen and oxygen atoms in total. The topological polar surface area (TPSA) is 142 Å². The van der Waals surface area contributed by atoms with Crippen molar-refractivity contribution in [1.82, 2.24) is 19.7 Å². The molecule has 0 bridgehead atoms. The van der Waals surface area contributed by atoms with Gasteiger partial charge in [0.15, 0.2) is 11.3 Å². The molecule has 2 heterocycles. The van der Waals surface area contributed by atoms with Crippen molar-refractivity contribution in [3.8, 4) is 0 Å². The van der Waals surface area contributed by atoms with Crippen LogP contribution in [0.1, 0.15) is 0 Å². The summed E-state index contributed by atoms with van der Waals surface area (Å²) in [5.41, 5.74) is 11.9. The van der Waals surface area contributed by atoms with Gasteiger partial charge in [0.25, 0.3) is 0 Å². The van der Waals surface area contributed by atoms with Crippen molar-refractivity contribution in [3.05, 3.63) is 6.33 Å². The van der Waals surface area contributed by atoms with Crippen LogP contribution < -0.4 is 16.3 Å². The number of carboxylic acids is 1. The van der Waals surface area contributed by atoms with Crippen molar-refractivity contribution in [2.24, 2.45) is 0 Å². The Bertz CT molecular complexity index is 626. The summed E-state index contributed by atoms with van der Waals surface area (Å²) < 4.78 is 33.1. The molecular formula is C8H9F3N6O3. The van der Waals surface area contributed by atoms with Gasteiger partial charge in [0, 0.05) is 0 Å². The summed E-state index contributed by atoms with van der Waals surface area (Å²) in [5.74, 6) is -2.41. The van der Waals surface area contributed by atoms with E-state index in [0.717, 1.165) is 0 Å². The van der Waals surface area contributed by atoms with Crippen molar-refractivity contribution < 1.29 is 27.9 Å². The molecule has 0 saturated carbocycles. The SMILES string of the molecule is COn1cnc2c(N)nc(N)nc21.O=C(O)C(F)(F)F. The molecule has 0 aliphatic rings. The molecule has 0 aromatic carbocycles. The average Bonchev–Trinajstić information content (AvgIpc) is 2.71. The van der Waals surface area contributed by atoms with E-state index in [9.17, 15) is 13.2 Å². The van der Waals surface area contributed by atoms with E-state index in [0.29, 0.717) is 11.2 Å². The molecule has 20 heavy (non-hydrogen) atoms. The van der Waals surface area contributed by atoms with E-state index in [1.807, 2.05) is 0 Å². The number of halogens is 3. The van der Waals surface area contributed by atoms with Gasteiger partial charge in [-0.15, -0.1) is 0 Å². The van der Waals surface area contributed by atoms with Gasteiger partial charge < -0.3 is 21.4 Å². The first-order valence-corrected chi connectivity index (χ1v) is 4.77. The Hall–Kier alpha value is -2.79. The molecule has 0 fully saturated rings. The normalized spacial score (nSPS) is 10.8. The van der Waals surface area contributed by atoms with Crippen LogP contribution in [-0.4, -0.2) is 44.0 Å². The monoisotopic (exact) mass is 294 g/mol. The van der Waals surface area contributed by atoms with Gasteiger partial charge in [-0.3, -0.25) is 0 Å². The zero-order valence-corrected chi connectivity index (χ0v) is 9.92. The third kappa shape index (κ3) is 3.37. The lowest BCUT2D eigenvalue weighted by Crippen LogP contribution is -2.21. The van der Waals surface area contributed by atoms with Crippen molar-refractivity contribution in [1.29, 1.82) is 0 Å². The summed E-state index contributed by atoms with van der Waals surface area (Å²) in [4.78, 5) is 25.5. The van der Waals surface area contributed by atoms with Crippen molar-refractivity contribution in [2.45, 2.75) is 6.18 Å². The van der Waals surface area contributed by atoms with E-state index in [2.05, 4.69) is 15.0 Å². The van der Waals surface area contributed by atoms with Gasteiger partial charge in [-0.2, -0.15) is 27.9 Å². The van der Waals surface area contributed by atoms with Crippen LogP contribution in [0, 0.1) is 0 Å². The van der Waals surface area contributed by atoms with Crippen LogP contribution in [0.25, 0.3) is 11.2 Å². The number of imidazole rings is 1. The Morgan fingerprint density at radius 2 is 1.95 bits per heavy atom. The number of aromatic nitrogens is 4. The molecular weight excluding hydrogens is 285 g/mol. The fourth-order valence-corrected chi connectivity index (χ4v) is 1.05. The van der Waals surface area contributed by atoms with E-state index >= 15 is 0 Å². The number of nitrogen functional groups attached to an aromatic ring is 2. The summed E-state index contributed by atoms with van der Waals surface area (Å²) >= 11 is 0. The van der Waals surface area contributed by atoms with Gasteiger partial charge in [0.05, 0.1) is 0 Å². The summed E-state index contributed by atoms with van der Waals surface area (Å²) in [6.45, 7) is 0. The standard InChI is InChI=1S/C6H8N6O.C2HF3O2/c1-13-12-2-9-3-4(7)10-6(8)11-5(3)12;3-2(4,5)1(6)7/h2H,1H3,(H4,7,8,10,11);(H,6,7). The third-order valence-corrected chi connectivity index (χ3v) is 1.85. The number of nitrogens with zero attached hydrogens (tertiary/aromatic N) is 4. The smallest absolute Gasteiger partial charge is 0.475 e. The fourth-order valence-electron chi connectivity index (χ4n) is 1.05. The molecule has 0 unspecified atom stereocenters. The Balaban J connectivity index is 0.000000246. The number of alkyl halides is 3. The molecule has 12 heteroatoms. The fraction of sp³-hybridized carbons (Fsp3) is 0.250. The Labute approximate surface area is 108 Å². The molecule has 0 spiro atoms. The van der Waals surface area contributed by atoms with E-state index in [1.54, 1.807) is 0 Å². The van der Waals surface area contributed by atoms with E-state index in [4.69, 9.17) is 26.2 Å². The van der Waals surface area contributed by atoms with Gasteiger partial charge >= 0.3 is 12.1 Å². The molecule has 0 saturated heterocycles. The molecule has 2 aromatic heterocycles. The van der Waals surface area contributed by atoms with Gasteiger partial charge in [-0.1, -0.05) is 0 Å².